The zero-order valence-electron chi connectivity index (χ0n) is 19.2. The van der Waals surface area contributed by atoms with E-state index in [0.29, 0.717) is 12.1 Å². The van der Waals surface area contributed by atoms with Gasteiger partial charge >= 0.3 is 16.9 Å². The Hall–Kier alpha value is -3.46. The Morgan fingerprint density at radius 2 is 1.94 bits per heavy atom. The molecule has 1 aliphatic heterocycles. The third-order valence-electron chi connectivity index (χ3n) is 6.66. The van der Waals surface area contributed by atoms with Gasteiger partial charge in [0.1, 0.15) is 0 Å². The largest absolute Gasteiger partial charge is 0.465 e. The molecule has 176 valence electrons. The number of rotatable bonds is 4. The summed E-state index contributed by atoms with van der Waals surface area (Å²) in [7, 11) is 1.70. The monoisotopic (exact) mass is 479 g/mol. The number of urea groups is 1. The lowest BCUT2D eigenvalue weighted by Crippen LogP contribution is -2.59. The number of thiazole rings is 1. The highest BCUT2D eigenvalue weighted by molar-refractivity contribution is 7.16. The standard InChI is InChI=1S/C25H25N3O5S/c1-4-33-23(30)18-13-27(16-8-10-20-21(12-16)34-25(32)26(20)3)24(31)28(22(18)29)19-9-7-15-6-5-14(2)11-17(15)19/h5-6,8,10-12,18-19H,4,7,9,13H2,1-3H3. The summed E-state index contributed by atoms with van der Waals surface area (Å²) in [6, 6.07) is 10.5. The fraction of sp³-hybridized carbons (Fsp3) is 0.360. The Morgan fingerprint density at radius 1 is 1.15 bits per heavy atom. The van der Waals surface area contributed by atoms with Gasteiger partial charge in [-0.1, -0.05) is 35.1 Å². The van der Waals surface area contributed by atoms with E-state index in [9.17, 15) is 19.2 Å². The minimum atomic E-state index is -1.11. The smallest absolute Gasteiger partial charge is 0.331 e. The first kappa shape index (κ1) is 22.3. The van der Waals surface area contributed by atoms with Gasteiger partial charge in [-0.25, -0.2) is 4.79 Å². The third kappa shape index (κ3) is 3.51. The van der Waals surface area contributed by atoms with Crippen LogP contribution in [0.2, 0.25) is 0 Å². The number of carbonyl (C=O) groups is 3. The molecule has 0 radical (unpaired) electrons. The van der Waals surface area contributed by atoms with Crippen molar-refractivity contribution in [2.75, 3.05) is 18.1 Å². The summed E-state index contributed by atoms with van der Waals surface area (Å²) in [6.07, 6.45) is 1.37. The average Bonchev–Trinajstić information content (AvgIpc) is 3.34. The molecule has 2 heterocycles. The average molecular weight is 480 g/mol. The van der Waals surface area contributed by atoms with Gasteiger partial charge in [0.25, 0.3) is 0 Å². The van der Waals surface area contributed by atoms with E-state index >= 15 is 0 Å². The minimum absolute atomic E-state index is 0.101. The molecule has 2 aromatic carbocycles. The number of nitrogens with zero attached hydrogens (tertiary/aromatic N) is 3. The molecule has 1 aliphatic carbocycles. The lowest BCUT2D eigenvalue weighted by Gasteiger charge is -2.40. The number of benzene rings is 2. The van der Waals surface area contributed by atoms with Gasteiger partial charge in [-0.3, -0.25) is 24.2 Å². The minimum Gasteiger partial charge on any atom is -0.465 e. The summed E-state index contributed by atoms with van der Waals surface area (Å²) in [5.41, 5.74) is 4.40. The topological polar surface area (TPSA) is 88.9 Å². The summed E-state index contributed by atoms with van der Waals surface area (Å²) >= 11 is 1.09. The van der Waals surface area contributed by atoms with Crippen molar-refractivity contribution in [2.24, 2.45) is 13.0 Å². The van der Waals surface area contributed by atoms with E-state index in [1.54, 1.807) is 36.7 Å². The predicted octanol–water partition coefficient (Wildman–Crippen LogP) is 3.54. The van der Waals surface area contributed by atoms with E-state index in [1.807, 2.05) is 25.1 Å². The number of amides is 3. The number of esters is 1. The van der Waals surface area contributed by atoms with Gasteiger partial charge in [-0.05, 0) is 56.0 Å². The summed E-state index contributed by atoms with van der Waals surface area (Å²) in [5, 5.41) is 0. The lowest BCUT2D eigenvalue weighted by molar-refractivity contribution is -0.155. The van der Waals surface area contributed by atoms with Crippen molar-refractivity contribution in [3.05, 3.63) is 62.8 Å². The molecule has 5 rings (SSSR count). The van der Waals surface area contributed by atoms with Crippen molar-refractivity contribution >= 4 is 45.1 Å². The quantitative estimate of drug-likeness (QED) is 0.422. The summed E-state index contributed by atoms with van der Waals surface area (Å²) in [6.45, 7) is 3.70. The lowest BCUT2D eigenvalue weighted by atomic mass is 9.99. The van der Waals surface area contributed by atoms with Crippen molar-refractivity contribution < 1.29 is 19.1 Å². The van der Waals surface area contributed by atoms with Crippen LogP contribution in [-0.2, 0) is 27.8 Å². The van der Waals surface area contributed by atoms with E-state index in [0.717, 1.165) is 44.7 Å². The molecule has 34 heavy (non-hydrogen) atoms. The van der Waals surface area contributed by atoms with E-state index in [1.165, 1.54) is 9.80 Å². The van der Waals surface area contributed by atoms with Crippen molar-refractivity contribution in [1.29, 1.82) is 0 Å². The zero-order valence-corrected chi connectivity index (χ0v) is 20.1. The highest BCUT2D eigenvalue weighted by Crippen LogP contribution is 2.40. The number of hydrogen-bond acceptors (Lipinski definition) is 6. The first-order valence-corrected chi connectivity index (χ1v) is 12.1. The molecule has 1 saturated heterocycles. The maximum Gasteiger partial charge on any atom is 0.331 e. The summed E-state index contributed by atoms with van der Waals surface area (Å²) < 4.78 is 7.48. The van der Waals surface area contributed by atoms with Gasteiger partial charge < -0.3 is 9.30 Å². The van der Waals surface area contributed by atoms with E-state index in [4.69, 9.17) is 4.74 Å². The number of carbonyl (C=O) groups excluding carboxylic acids is 3. The first-order valence-electron chi connectivity index (χ1n) is 11.3. The van der Waals surface area contributed by atoms with Crippen LogP contribution in [0.4, 0.5) is 10.5 Å². The fourth-order valence-electron chi connectivity index (χ4n) is 4.91. The molecule has 2 aliphatic rings. The van der Waals surface area contributed by atoms with Crippen molar-refractivity contribution in [3.8, 4) is 0 Å². The molecular weight excluding hydrogens is 454 g/mol. The van der Waals surface area contributed by atoms with Gasteiger partial charge in [-0.2, -0.15) is 0 Å². The van der Waals surface area contributed by atoms with Gasteiger partial charge in [0, 0.05) is 12.7 Å². The molecule has 3 aromatic rings. The highest BCUT2D eigenvalue weighted by Gasteiger charge is 2.48. The van der Waals surface area contributed by atoms with Crippen LogP contribution in [0.15, 0.2) is 41.2 Å². The Bertz CT molecular complexity index is 1390. The van der Waals surface area contributed by atoms with Crippen LogP contribution in [0.3, 0.4) is 0 Å². The number of anilines is 1. The van der Waals surface area contributed by atoms with E-state index in [2.05, 4.69) is 0 Å². The Balaban J connectivity index is 1.59. The number of hydrogen-bond donors (Lipinski definition) is 0. The van der Waals surface area contributed by atoms with Crippen LogP contribution in [0, 0.1) is 12.8 Å². The van der Waals surface area contributed by atoms with Crippen molar-refractivity contribution in [2.45, 2.75) is 32.7 Å². The van der Waals surface area contributed by atoms with E-state index < -0.39 is 29.9 Å². The molecule has 3 amide bonds. The molecule has 1 fully saturated rings. The molecule has 1 aromatic heterocycles. The van der Waals surface area contributed by atoms with E-state index in [-0.39, 0.29) is 18.0 Å². The number of fused-ring (bicyclic) bond motifs is 2. The number of ether oxygens (including phenoxy) is 1. The summed E-state index contributed by atoms with van der Waals surface area (Å²) in [5.74, 6) is -2.27. The molecule has 2 atom stereocenters. The van der Waals surface area contributed by atoms with Crippen LogP contribution in [0.5, 0.6) is 0 Å². The first-order chi connectivity index (χ1) is 16.3. The van der Waals surface area contributed by atoms with Crippen LogP contribution in [-0.4, -0.2) is 40.5 Å². The maximum absolute atomic E-state index is 13.8. The Labute approximate surface area is 200 Å². The maximum atomic E-state index is 13.8. The number of imide groups is 1. The van der Waals surface area contributed by atoms with Gasteiger partial charge in [-0.15, -0.1) is 0 Å². The zero-order chi connectivity index (χ0) is 24.1. The Morgan fingerprint density at radius 3 is 2.71 bits per heavy atom. The van der Waals surface area contributed by atoms with Crippen LogP contribution >= 0.6 is 11.3 Å². The molecule has 9 heteroatoms. The second-order valence-corrected chi connectivity index (χ2v) is 9.74. The van der Waals surface area contributed by atoms with Crippen LogP contribution in [0.25, 0.3) is 10.2 Å². The van der Waals surface area contributed by atoms with Crippen molar-refractivity contribution in [3.63, 3.8) is 0 Å². The number of aryl methyl sites for hydroxylation is 3. The third-order valence-corrected chi connectivity index (χ3v) is 7.65. The predicted molar refractivity (Wildman–Crippen MR) is 129 cm³/mol. The highest BCUT2D eigenvalue weighted by atomic mass is 32.1. The number of aromatic nitrogens is 1. The van der Waals surface area contributed by atoms with Crippen LogP contribution < -0.4 is 9.77 Å². The second kappa shape index (κ2) is 8.39. The summed E-state index contributed by atoms with van der Waals surface area (Å²) in [4.78, 5) is 54.7. The SMILES string of the molecule is CCOC(=O)C1CN(c2ccc3c(c2)sc(=O)n3C)C(=O)N(C2CCc3ccc(C)cc32)C1=O. The molecule has 2 unspecified atom stereocenters. The Kier molecular flexibility index (Phi) is 5.51. The van der Waals surface area contributed by atoms with Gasteiger partial charge in [0.15, 0.2) is 5.92 Å². The molecule has 0 spiro atoms. The fourth-order valence-corrected chi connectivity index (χ4v) is 5.82. The van der Waals surface area contributed by atoms with Crippen LogP contribution in [0.1, 0.15) is 36.1 Å². The molecule has 8 nitrogen and oxygen atoms in total. The van der Waals surface area contributed by atoms with Gasteiger partial charge in [0.05, 0.1) is 29.4 Å². The molecule has 0 N–H and O–H groups in total. The van der Waals surface area contributed by atoms with Gasteiger partial charge in [0.2, 0.25) is 5.91 Å². The normalized spacial score (nSPS) is 20.2. The second-order valence-electron chi connectivity index (χ2n) is 8.74. The van der Waals surface area contributed by atoms with Crippen molar-refractivity contribution in [1.82, 2.24) is 9.47 Å². The molecule has 0 bridgehead atoms. The molecule has 0 saturated carbocycles. The molecular formula is C25H25N3O5S.